The van der Waals surface area contributed by atoms with Crippen molar-refractivity contribution in [1.29, 1.82) is 0 Å². The van der Waals surface area contributed by atoms with Gasteiger partial charge in [-0.3, -0.25) is 14.4 Å². The van der Waals surface area contributed by atoms with Crippen molar-refractivity contribution in [2.75, 3.05) is 47.5 Å². The number of benzene rings is 1. The van der Waals surface area contributed by atoms with Gasteiger partial charge in [0.15, 0.2) is 11.5 Å². The zero-order chi connectivity index (χ0) is 21.0. The maximum absolute atomic E-state index is 12.9. The molecule has 3 rings (SSSR count). The van der Waals surface area contributed by atoms with Gasteiger partial charge in [-0.05, 0) is 30.2 Å². The molecule has 1 aromatic carbocycles. The molecule has 1 aliphatic rings. The lowest BCUT2D eigenvalue weighted by atomic mass is 10.1. The molecule has 2 aromatic rings. The normalized spacial score (nSPS) is 14.7. The summed E-state index contributed by atoms with van der Waals surface area (Å²) in [4.78, 5) is 17.1. The molecule has 1 fully saturated rings. The van der Waals surface area contributed by atoms with E-state index in [0.717, 1.165) is 37.3 Å². The van der Waals surface area contributed by atoms with Crippen LogP contribution in [-0.4, -0.2) is 73.0 Å². The molecule has 0 radical (unpaired) electrons. The Morgan fingerprint density at radius 3 is 2.10 bits per heavy atom. The first-order valence-corrected chi connectivity index (χ1v) is 9.84. The van der Waals surface area contributed by atoms with Gasteiger partial charge in [0.05, 0.1) is 27.0 Å². The standard InChI is InChI=1S/C21H30N4O4/c1-6-16-13-17(23(2)22-16)21(26)25-9-7-24(8-10-25)14-15-11-18(27-3)20(29-5)19(12-15)28-4/h11-13H,6-10,14H2,1-5H3. The zero-order valence-electron chi connectivity index (χ0n) is 17.9. The van der Waals surface area contributed by atoms with Gasteiger partial charge in [0.2, 0.25) is 5.75 Å². The summed E-state index contributed by atoms with van der Waals surface area (Å²) >= 11 is 0. The highest BCUT2D eigenvalue weighted by molar-refractivity contribution is 5.92. The van der Waals surface area contributed by atoms with Crippen molar-refractivity contribution >= 4 is 5.91 Å². The SMILES string of the molecule is CCc1cc(C(=O)N2CCN(Cc3cc(OC)c(OC)c(OC)c3)CC2)n(C)n1. The first-order valence-electron chi connectivity index (χ1n) is 9.84. The van der Waals surface area contributed by atoms with Crippen molar-refractivity contribution in [3.8, 4) is 17.2 Å². The van der Waals surface area contributed by atoms with Crippen molar-refractivity contribution in [3.63, 3.8) is 0 Å². The van der Waals surface area contributed by atoms with E-state index in [-0.39, 0.29) is 5.91 Å². The van der Waals surface area contributed by atoms with Gasteiger partial charge in [-0.15, -0.1) is 0 Å². The Kier molecular flexibility index (Phi) is 6.64. The molecule has 0 unspecified atom stereocenters. The second-order valence-corrected chi connectivity index (χ2v) is 7.10. The molecule has 8 nitrogen and oxygen atoms in total. The largest absolute Gasteiger partial charge is 0.493 e. The summed E-state index contributed by atoms with van der Waals surface area (Å²) in [5, 5.41) is 4.39. The number of rotatable bonds is 7. The van der Waals surface area contributed by atoms with Gasteiger partial charge >= 0.3 is 0 Å². The third-order valence-electron chi connectivity index (χ3n) is 5.30. The van der Waals surface area contributed by atoms with E-state index in [2.05, 4.69) is 10.00 Å². The van der Waals surface area contributed by atoms with Crippen LogP contribution in [0.2, 0.25) is 0 Å². The van der Waals surface area contributed by atoms with Crippen LogP contribution in [0.15, 0.2) is 18.2 Å². The molecule has 0 atom stereocenters. The lowest BCUT2D eigenvalue weighted by Gasteiger charge is -2.34. The Bertz CT molecular complexity index is 831. The maximum atomic E-state index is 12.9. The number of piperazine rings is 1. The van der Waals surface area contributed by atoms with E-state index in [0.29, 0.717) is 36.0 Å². The number of hydrogen-bond donors (Lipinski definition) is 0. The Hall–Kier alpha value is -2.74. The van der Waals surface area contributed by atoms with Gasteiger partial charge in [0.1, 0.15) is 5.69 Å². The fourth-order valence-corrected chi connectivity index (χ4v) is 3.66. The molecule has 8 heteroatoms. The van der Waals surface area contributed by atoms with Crippen LogP contribution in [0.4, 0.5) is 0 Å². The van der Waals surface area contributed by atoms with E-state index in [9.17, 15) is 4.79 Å². The van der Waals surface area contributed by atoms with Crippen LogP contribution in [0.25, 0.3) is 0 Å². The van der Waals surface area contributed by atoms with Crippen molar-refractivity contribution in [1.82, 2.24) is 19.6 Å². The maximum Gasteiger partial charge on any atom is 0.272 e. The van der Waals surface area contributed by atoms with Crippen LogP contribution in [0.1, 0.15) is 28.7 Å². The molecule has 1 amide bonds. The minimum absolute atomic E-state index is 0.0483. The van der Waals surface area contributed by atoms with Crippen LogP contribution in [0.5, 0.6) is 17.2 Å². The Balaban J connectivity index is 1.64. The van der Waals surface area contributed by atoms with E-state index in [1.54, 1.807) is 26.0 Å². The molecule has 0 saturated carbocycles. The van der Waals surface area contributed by atoms with Gasteiger partial charge < -0.3 is 19.1 Å². The van der Waals surface area contributed by atoms with Gasteiger partial charge in [0.25, 0.3) is 5.91 Å². The molecule has 0 aliphatic carbocycles. The number of ether oxygens (including phenoxy) is 3. The highest BCUT2D eigenvalue weighted by Gasteiger charge is 2.25. The minimum atomic E-state index is 0.0483. The third kappa shape index (κ3) is 4.48. The lowest BCUT2D eigenvalue weighted by molar-refractivity contribution is 0.0617. The smallest absolute Gasteiger partial charge is 0.272 e. The van der Waals surface area contributed by atoms with Gasteiger partial charge in [0, 0.05) is 39.8 Å². The van der Waals surface area contributed by atoms with Crippen molar-refractivity contribution in [2.45, 2.75) is 19.9 Å². The third-order valence-corrected chi connectivity index (χ3v) is 5.30. The van der Waals surface area contributed by atoms with Crippen molar-refractivity contribution < 1.29 is 19.0 Å². The van der Waals surface area contributed by atoms with Crippen LogP contribution >= 0.6 is 0 Å². The predicted octanol–water partition coefficient (Wildman–Crippen LogP) is 1.97. The van der Waals surface area contributed by atoms with Gasteiger partial charge in [-0.1, -0.05) is 6.92 Å². The second-order valence-electron chi connectivity index (χ2n) is 7.10. The monoisotopic (exact) mass is 402 g/mol. The highest BCUT2D eigenvalue weighted by atomic mass is 16.5. The molecule has 0 spiro atoms. The molecule has 29 heavy (non-hydrogen) atoms. The molecule has 1 aromatic heterocycles. The number of nitrogens with zero attached hydrogens (tertiary/aromatic N) is 4. The molecule has 0 bridgehead atoms. The summed E-state index contributed by atoms with van der Waals surface area (Å²) in [5.41, 5.74) is 2.68. The number of aromatic nitrogens is 2. The first kappa shape index (κ1) is 21.0. The summed E-state index contributed by atoms with van der Waals surface area (Å²) in [6.07, 6.45) is 0.823. The average Bonchev–Trinajstić information content (AvgIpc) is 3.13. The Labute approximate surface area is 171 Å². The Morgan fingerprint density at radius 1 is 1.00 bits per heavy atom. The fourth-order valence-electron chi connectivity index (χ4n) is 3.66. The van der Waals surface area contributed by atoms with E-state index in [1.165, 1.54) is 0 Å². The molecular formula is C21H30N4O4. The molecule has 0 N–H and O–H groups in total. The number of aryl methyl sites for hydroxylation is 2. The van der Waals surface area contributed by atoms with Crippen molar-refractivity contribution in [3.05, 3.63) is 35.2 Å². The number of carbonyl (C=O) groups is 1. The van der Waals surface area contributed by atoms with Gasteiger partial charge in [-0.25, -0.2) is 0 Å². The summed E-state index contributed by atoms with van der Waals surface area (Å²) in [6.45, 7) is 5.79. The molecule has 158 valence electrons. The fraction of sp³-hybridized carbons (Fsp3) is 0.524. The molecular weight excluding hydrogens is 372 g/mol. The first-order chi connectivity index (χ1) is 14.0. The highest BCUT2D eigenvalue weighted by Crippen LogP contribution is 2.38. The number of carbonyl (C=O) groups excluding carboxylic acids is 1. The van der Waals surface area contributed by atoms with Gasteiger partial charge in [-0.2, -0.15) is 5.10 Å². The number of methoxy groups -OCH3 is 3. The molecule has 2 heterocycles. The van der Waals surface area contributed by atoms with Crippen LogP contribution in [0.3, 0.4) is 0 Å². The topological polar surface area (TPSA) is 69.1 Å². The van der Waals surface area contributed by atoms with E-state index < -0.39 is 0 Å². The summed E-state index contributed by atoms with van der Waals surface area (Å²) in [7, 11) is 6.66. The summed E-state index contributed by atoms with van der Waals surface area (Å²) in [5.74, 6) is 1.95. The van der Waals surface area contributed by atoms with Crippen LogP contribution < -0.4 is 14.2 Å². The minimum Gasteiger partial charge on any atom is -0.493 e. The summed E-state index contributed by atoms with van der Waals surface area (Å²) < 4.78 is 18.0. The van der Waals surface area contributed by atoms with Crippen LogP contribution in [-0.2, 0) is 20.0 Å². The van der Waals surface area contributed by atoms with E-state index >= 15 is 0 Å². The van der Waals surface area contributed by atoms with E-state index in [1.807, 2.05) is 37.1 Å². The average molecular weight is 402 g/mol. The number of amides is 1. The Morgan fingerprint density at radius 2 is 1.62 bits per heavy atom. The van der Waals surface area contributed by atoms with Crippen molar-refractivity contribution in [2.24, 2.45) is 7.05 Å². The van der Waals surface area contributed by atoms with Crippen LogP contribution in [0, 0.1) is 0 Å². The second kappa shape index (κ2) is 9.17. The molecule has 1 aliphatic heterocycles. The molecule has 1 saturated heterocycles. The summed E-state index contributed by atoms with van der Waals surface area (Å²) in [6, 6.07) is 5.84. The quantitative estimate of drug-likeness (QED) is 0.705. The number of hydrogen-bond acceptors (Lipinski definition) is 6. The lowest BCUT2D eigenvalue weighted by Crippen LogP contribution is -2.48. The zero-order valence-corrected chi connectivity index (χ0v) is 17.9. The predicted molar refractivity (Wildman–Crippen MR) is 110 cm³/mol. The van der Waals surface area contributed by atoms with E-state index in [4.69, 9.17) is 14.2 Å².